The molecule has 11 heteroatoms. The van der Waals surface area contributed by atoms with Crippen LogP contribution in [0.5, 0.6) is 0 Å². The van der Waals surface area contributed by atoms with Crippen molar-refractivity contribution < 1.29 is 28.3 Å². The second-order valence-corrected chi connectivity index (χ2v) is 8.31. The van der Waals surface area contributed by atoms with Crippen molar-refractivity contribution in [3.63, 3.8) is 0 Å². The van der Waals surface area contributed by atoms with Gasteiger partial charge < -0.3 is 16.2 Å². The standard InChI is InChI=1S/C15H12BrF2IN2O3.C7H7NO/c16-13-10(17)3-2-9(15(23)21-24-6-5-22)14(13)20-12-4-1-8(19)7-11(12)18;8-7(9)6-4-2-1-3-5-6/h1-4,7,20,22H,5-6H2,(H,21,23);1-5H,(H2,8,9). The Labute approximate surface area is 210 Å². The number of hydrogen-bond acceptors (Lipinski definition) is 5. The number of nitrogens with two attached hydrogens (primary N) is 1. The number of aliphatic hydroxyl groups is 1. The lowest BCUT2D eigenvalue weighted by atomic mass is 10.1. The number of amides is 2. The van der Waals surface area contributed by atoms with Crippen LogP contribution in [0.3, 0.4) is 0 Å². The molecule has 33 heavy (non-hydrogen) atoms. The van der Waals surface area contributed by atoms with Crippen molar-refractivity contribution >= 4 is 61.7 Å². The van der Waals surface area contributed by atoms with Gasteiger partial charge in [0.15, 0.2) is 0 Å². The minimum atomic E-state index is -0.669. The first-order valence-corrected chi connectivity index (χ1v) is 11.2. The van der Waals surface area contributed by atoms with Crippen LogP contribution in [-0.4, -0.2) is 30.1 Å². The fraction of sp³-hybridized carbons (Fsp3) is 0.0909. The minimum Gasteiger partial charge on any atom is -0.394 e. The molecule has 0 atom stereocenters. The van der Waals surface area contributed by atoms with Crippen LogP contribution >= 0.6 is 38.5 Å². The predicted octanol–water partition coefficient (Wildman–Crippen LogP) is 4.51. The summed E-state index contributed by atoms with van der Waals surface area (Å²) in [5.41, 5.74) is 7.83. The largest absolute Gasteiger partial charge is 0.394 e. The van der Waals surface area contributed by atoms with Crippen molar-refractivity contribution in [2.45, 2.75) is 0 Å². The summed E-state index contributed by atoms with van der Waals surface area (Å²) in [5.74, 6) is -2.20. The Morgan fingerprint density at radius 2 is 1.76 bits per heavy atom. The molecule has 0 saturated carbocycles. The van der Waals surface area contributed by atoms with Gasteiger partial charge in [-0.3, -0.25) is 14.4 Å². The number of aliphatic hydroxyl groups excluding tert-OH is 1. The maximum absolute atomic E-state index is 14.0. The topological polar surface area (TPSA) is 114 Å². The van der Waals surface area contributed by atoms with Crippen LogP contribution in [0.15, 0.2) is 65.1 Å². The van der Waals surface area contributed by atoms with E-state index in [1.54, 1.807) is 30.3 Å². The van der Waals surface area contributed by atoms with E-state index in [0.29, 0.717) is 9.13 Å². The van der Waals surface area contributed by atoms with Gasteiger partial charge in [-0.1, -0.05) is 18.2 Å². The van der Waals surface area contributed by atoms with Gasteiger partial charge in [0, 0.05) is 9.13 Å². The van der Waals surface area contributed by atoms with E-state index in [-0.39, 0.29) is 40.5 Å². The number of halogens is 4. The molecule has 3 aromatic carbocycles. The summed E-state index contributed by atoms with van der Waals surface area (Å²) in [6, 6.07) is 15.6. The van der Waals surface area contributed by atoms with Gasteiger partial charge in [-0.25, -0.2) is 14.3 Å². The van der Waals surface area contributed by atoms with Gasteiger partial charge in [0.05, 0.1) is 34.6 Å². The van der Waals surface area contributed by atoms with Gasteiger partial charge in [0.2, 0.25) is 5.91 Å². The Bertz CT molecular complexity index is 1120. The van der Waals surface area contributed by atoms with Gasteiger partial charge >= 0.3 is 0 Å². The van der Waals surface area contributed by atoms with Crippen LogP contribution < -0.4 is 16.5 Å². The zero-order valence-corrected chi connectivity index (χ0v) is 20.7. The van der Waals surface area contributed by atoms with Crippen molar-refractivity contribution in [3.05, 3.63) is 91.5 Å². The van der Waals surface area contributed by atoms with Gasteiger partial charge in [0.1, 0.15) is 11.6 Å². The minimum absolute atomic E-state index is 0.0183. The summed E-state index contributed by atoms with van der Waals surface area (Å²) < 4.78 is 28.5. The summed E-state index contributed by atoms with van der Waals surface area (Å²) in [7, 11) is 0. The predicted molar refractivity (Wildman–Crippen MR) is 132 cm³/mol. The van der Waals surface area contributed by atoms with Crippen molar-refractivity contribution in [3.8, 4) is 0 Å². The Balaban J connectivity index is 0.000000357. The summed E-state index contributed by atoms with van der Waals surface area (Å²) >= 11 is 5.02. The normalized spacial score (nSPS) is 10.1. The van der Waals surface area contributed by atoms with Gasteiger partial charge in [-0.15, -0.1) is 0 Å². The molecule has 174 valence electrons. The quantitative estimate of drug-likeness (QED) is 0.174. The molecule has 0 radical (unpaired) electrons. The molecule has 0 aliphatic carbocycles. The van der Waals surface area contributed by atoms with E-state index in [9.17, 15) is 18.4 Å². The average molecular weight is 634 g/mol. The molecule has 5 N–H and O–H groups in total. The smallest absolute Gasteiger partial charge is 0.276 e. The molecule has 2 amide bonds. The van der Waals surface area contributed by atoms with E-state index < -0.39 is 17.5 Å². The molecule has 0 aliphatic heterocycles. The monoisotopic (exact) mass is 633 g/mol. The van der Waals surface area contributed by atoms with E-state index in [2.05, 4.69) is 26.7 Å². The van der Waals surface area contributed by atoms with Crippen molar-refractivity contribution in [2.75, 3.05) is 18.5 Å². The third-order valence-corrected chi connectivity index (χ3v) is 5.39. The third-order valence-electron chi connectivity index (χ3n) is 3.95. The Morgan fingerprint density at radius 1 is 1.06 bits per heavy atom. The number of hydroxylamine groups is 1. The highest BCUT2D eigenvalue weighted by Gasteiger charge is 2.19. The molecular weight excluding hydrogens is 615 g/mol. The molecule has 0 bridgehead atoms. The van der Waals surface area contributed by atoms with Crippen molar-refractivity contribution in [1.82, 2.24) is 5.48 Å². The van der Waals surface area contributed by atoms with Crippen LogP contribution in [-0.2, 0) is 4.84 Å². The highest BCUT2D eigenvalue weighted by molar-refractivity contribution is 14.1. The molecule has 0 heterocycles. The molecule has 0 unspecified atom stereocenters. The molecule has 3 aromatic rings. The molecule has 7 nitrogen and oxygen atoms in total. The van der Waals surface area contributed by atoms with E-state index >= 15 is 0 Å². The third kappa shape index (κ3) is 8.03. The van der Waals surface area contributed by atoms with Gasteiger partial charge in [-0.05, 0) is 81.0 Å². The summed E-state index contributed by atoms with van der Waals surface area (Å²) in [5, 5.41) is 11.4. The Morgan fingerprint density at radius 3 is 2.33 bits per heavy atom. The van der Waals surface area contributed by atoms with Crippen LogP contribution in [0, 0.1) is 15.2 Å². The lowest BCUT2D eigenvalue weighted by molar-refractivity contribution is 0.0169. The summed E-state index contributed by atoms with van der Waals surface area (Å²) in [6.07, 6.45) is 0. The number of carbonyl (C=O) groups is 2. The maximum atomic E-state index is 14.0. The highest BCUT2D eigenvalue weighted by Crippen LogP contribution is 2.33. The lowest BCUT2D eigenvalue weighted by Crippen LogP contribution is -2.26. The second-order valence-electron chi connectivity index (χ2n) is 6.27. The first-order valence-electron chi connectivity index (χ1n) is 9.32. The molecule has 0 spiro atoms. The maximum Gasteiger partial charge on any atom is 0.276 e. The lowest BCUT2D eigenvalue weighted by Gasteiger charge is -2.15. The number of primary amides is 1. The Hall–Kier alpha value is -2.61. The SMILES string of the molecule is NC(=O)c1ccccc1.O=C(NOCCO)c1ccc(F)c(Br)c1Nc1ccc(I)cc1F. The van der Waals surface area contributed by atoms with E-state index in [4.69, 9.17) is 15.7 Å². The van der Waals surface area contributed by atoms with Crippen LogP contribution in [0.2, 0.25) is 0 Å². The molecule has 0 fully saturated rings. The van der Waals surface area contributed by atoms with Gasteiger partial charge in [-0.2, -0.15) is 0 Å². The first-order chi connectivity index (χ1) is 15.7. The van der Waals surface area contributed by atoms with Gasteiger partial charge in [0.25, 0.3) is 5.91 Å². The number of carbonyl (C=O) groups excluding carboxylic acids is 2. The summed E-state index contributed by atoms with van der Waals surface area (Å²) in [6.45, 7) is -0.366. The first kappa shape index (κ1) is 26.6. The molecule has 0 aliphatic rings. The van der Waals surface area contributed by atoms with E-state index in [0.717, 1.165) is 6.07 Å². The highest BCUT2D eigenvalue weighted by atomic mass is 127. The second kappa shape index (κ2) is 13.2. The fourth-order valence-electron chi connectivity index (χ4n) is 2.41. The number of nitrogens with one attached hydrogen (secondary N) is 2. The summed E-state index contributed by atoms with van der Waals surface area (Å²) in [4.78, 5) is 27.3. The number of rotatable bonds is 7. The molecular formula is C22H19BrF2IN3O4. The zero-order chi connectivity index (χ0) is 24.4. The zero-order valence-electron chi connectivity index (χ0n) is 16.9. The molecule has 0 aromatic heterocycles. The van der Waals surface area contributed by atoms with Crippen molar-refractivity contribution in [1.29, 1.82) is 0 Å². The van der Waals surface area contributed by atoms with Crippen LogP contribution in [0.25, 0.3) is 0 Å². The average Bonchev–Trinajstić information content (AvgIpc) is 2.79. The number of hydrogen-bond donors (Lipinski definition) is 4. The van der Waals surface area contributed by atoms with Crippen molar-refractivity contribution in [2.24, 2.45) is 5.73 Å². The fourth-order valence-corrected chi connectivity index (χ4v) is 3.31. The van der Waals surface area contributed by atoms with Crippen LogP contribution in [0.4, 0.5) is 20.2 Å². The van der Waals surface area contributed by atoms with E-state index in [1.807, 2.05) is 28.7 Å². The number of benzene rings is 3. The Kier molecular flexibility index (Phi) is 10.6. The van der Waals surface area contributed by atoms with Crippen LogP contribution in [0.1, 0.15) is 20.7 Å². The molecule has 0 saturated heterocycles. The molecule has 3 rings (SSSR count). The number of anilines is 2. The van der Waals surface area contributed by atoms with E-state index in [1.165, 1.54) is 18.2 Å².